The lowest BCUT2D eigenvalue weighted by Crippen LogP contribution is -2.41. The highest BCUT2D eigenvalue weighted by Crippen LogP contribution is 2.40. The number of Topliss-reactive ketones (excluding diaryl/α,β-unsaturated/α-hetero) is 1. The lowest BCUT2D eigenvalue weighted by atomic mass is 9.71. The highest BCUT2D eigenvalue weighted by atomic mass is 16.1. The van der Waals surface area contributed by atoms with Crippen LogP contribution in [0.25, 0.3) is 0 Å². The molecule has 110 valence electrons. The van der Waals surface area contributed by atoms with Gasteiger partial charge < -0.3 is 4.90 Å². The van der Waals surface area contributed by atoms with Gasteiger partial charge in [0.2, 0.25) is 0 Å². The Kier molecular flexibility index (Phi) is 4.39. The van der Waals surface area contributed by atoms with Crippen LogP contribution in [0.3, 0.4) is 0 Å². The van der Waals surface area contributed by atoms with Crippen LogP contribution in [0.5, 0.6) is 0 Å². The standard InChI is InChI=1S/C17H31NO/c1-5-17(6-2)10-11-18(13-17)12-14-8-7-9-16(3,4)15(14)19/h14H,5-13H2,1-4H3. The number of likely N-dealkylation sites (tertiary alicyclic amines) is 1. The summed E-state index contributed by atoms with van der Waals surface area (Å²) in [7, 11) is 0. The molecule has 0 radical (unpaired) electrons. The van der Waals surface area contributed by atoms with Crippen molar-refractivity contribution in [3.8, 4) is 0 Å². The number of carbonyl (C=O) groups excluding carboxylic acids is 1. The molecule has 2 nitrogen and oxygen atoms in total. The van der Waals surface area contributed by atoms with E-state index in [1.807, 2.05) is 0 Å². The third-order valence-electron chi connectivity index (χ3n) is 5.89. The van der Waals surface area contributed by atoms with Crippen LogP contribution in [0.1, 0.15) is 66.2 Å². The normalized spacial score (nSPS) is 30.7. The van der Waals surface area contributed by atoms with Crippen molar-refractivity contribution >= 4 is 5.78 Å². The van der Waals surface area contributed by atoms with Gasteiger partial charge in [-0.2, -0.15) is 0 Å². The highest BCUT2D eigenvalue weighted by Gasteiger charge is 2.40. The van der Waals surface area contributed by atoms with Gasteiger partial charge in [-0.25, -0.2) is 0 Å². The van der Waals surface area contributed by atoms with Crippen molar-refractivity contribution in [2.24, 2.45) is 16.7 Å². The first-order chi connectivity index (χ1) is 8.92. The molecule has 1 atom stereocenters. The van der Waals surface area contributed by atoms with Crippen molar-refractivity contribution in [1.82, 2.24) is 4.90 Å². The minimum Gasteiger partial charge on any atom is -0.302 e. The molecule has 0 bridgehead atoms. The molecule has 0 amide bonds. The van der Waals surface area contributed by atoms with Crippen molar-refractivity contribution in [2.45, 2.75) is 66.2 Å². The van der Waals surface area contributed by atoms with Crippen LogP contribution >= 0.6 is 0 Å². The van der Waals surface area contributed by atoms with Crippen LogP contribution in [0.15, 0.2) is 0 Å². The van der Waals surface area contributed by atoms with Gasteiger partial charge >= 0.3 is 0 Å². The van der Waals surface area contributed by atoms with Gasteiger partial charge in [-0.1, -0.05) is 34.1 Å². The molecule has 0 aromatic carbocycles. The average Bonchev–Trinajstić information content (AvgIpc) is 2.79. The molecule has 2 heteroatoms. The summed E-state index contributed by atoms with van der Waals surface area (Å²) in [6, 6.07) is 0. The van der Waals surface area contributed by atoms with Crippen LogP contribution in [-0.4, -0.2) is 30.3 Å². The Morgan fingerprint density at radius 3 is 2.47 bits per heavy atom. The van der Waals surface area contributed by atoms with E-state index < -0.39 is 0 Å². The molecule has 1 saturated heterocycles. The summed E-state index contributed by atoms with van der Waals surface area (Å²) in [5, 5.41) is 0. The zero-order valence-electron chi connectivity index (χ0n) is 13.3. The van der Waals surface area contributed by atoms with Crippen LogP contribution in [0.4, 0.5) is 0 Å². The summed E-state index contributed by atoms with van der Waals surface area (Å²) < 4.78 is 0. The fourth-order valence-corrected chi connectivity index (χ4v) is 4.09. The van der Waals surface area contributed by atoms with Crippen molar-refractivity contribution in [2.75, 3.05) is 19.6 Å². The third-order valence-corrected chi connectivity index (χ3v) is 5.89. The predicted molar refractivity (Wildman–Crippen MR) is 80.2 cm³/mol. The molecule has 1 unspecified atom stereocenters. The summed E-state index contributed by atoms with van der Waals surface area (Å²) in [5.74, 6) is 0.817. The number of ketones is 1. The molecule has 1 aliphatic carbocycles. The highest BCUT2D eigenvalue weighted by molar-refractivity contribution is 5.87. The molecule has 0 aromatic rings. The largest absolute Gasteiger partial charge is 0.302 e. The maximum atomic E-state index is 12.5. The van der Waals surface area contributed by atoms with E-state index in [4.69, 9.17) is 0 Å². The Hall–Kier alpha value is -0.370. The number of hydrogen-bond acceptors (Lipinski definition) is 2. The van der Waals surface area contributed by atoms with Gasteiger partial charge in [-0.05, 0) is 44.1 Å². The maximum absolute atomic E-state index is 12.5. The maximum Gasteiger partial charge on any atom is 0.142 e. The molecular formula is C17H31NO. The van der Waals surface area contributed by atoms with Crippen molar-refractivity contribution in [1.29, 1.82) is 0 Å². The molecular weight excluding hydrogens is 234 g/mol. The third kappa shape index (κ3) is 3.04. The Morgan fingerprint density at radius 1 is 1.21 bits per heavy atom. The minimum atomic E-state index is -0.0742. The quantitative estimate of drug-likeness (QED) is 0.768. The SMILES string of the molecule is CCC1(CC)CCN(CC2CCCC(C)(C)C2=O)C1. The van der Waals surface area contributed by atoms with Crippen LogP contribution in [-0.2, 0) is 4.79 Å². The molecule has 0 spiro atoms. The minimum absolute atomic E-state index is 0.0742. The molecule has 19 heavy (non-hydrogen) atoms. The molecule has 1 aliphatic heterocycles. The second-order valence-electron chi connectivity index (χ2n) is 7.53. The monoisotopic (exact) mass is 265 g/mol. The van der Waals surface area contributed by atoms with Gasteiger partial charge in [0.1, 0.15) is 5.78 Å². The smallest absolute Gasteiger partial charge is 0.142 e. The zero-order chi connectivity index (χ0) is 14.1. The van der Waals surface area contributed by atoms with Gasteiger partial charge in [0, 0.05) is 24.4 Å². The first kappa shape index (κ1) is 15.0. The summed E-state index contributed by atoms with van der Waals surface area (Å²) >= 11 is 0. The summed E-state index contributed by atoms with van der Waals surface area (Å²) in [6.45, 7) is 12.3. The molecule has 2 aliphatic rings. The fraction of sp³-hybridized carbons (Fsp3) is 0.941. The first-order valence-electron chi connectivity index (χ1n) is 8.19. The zero-order valence-corrected chi connectivity index (χ0v) is 13.3. The Balaban J connectivity index is 1.94. The van der Waals surface area contributed by atoms with E-state index in [-0.39, 0.29) is 5.41 Å². The number of nitrogens with zero attached hydrogens (tertiary/aromatic N) is 1. The molecule has 1 saturated carbocycles. The van der Waals surface area contributed by atoms with Gasteiger partial charge in [-0.3, -0.25) is 4.79 Å². The van der Waals surface area contributed by atoms with E-state index in [1.165, 1.54) is 38.8 Å². The topological polar surface area (TPSA) is 20.3 Å². The lowest BCUT2D eigenvalue weighted by molar-refractivity contribution is -0.134. The van der Waals surface area contributed by atoms with Crippen LogP contribution in [0.2, 0.25) is 0 Å². The lowest BCUT2D eigenvalue weighted by Gasteiger charge is -2.36. The number of rotatable bonds is 4. The second kappa shape index (κ2) is 5.55. The average molecular weight is 265 g/mol. The van der Waals surface area contributed by atoms with Gasteiger partial charge in [-0.15, -0.1) is 0 Å². The molecule has 1 heterocycles. The van der Waals surface area contributed by atoms with E-state index >= 15 is 0 Å². The summed E-state index contributed by atoms with van der Waals surface area (Å²) in [4.78, 5) is 15.1. The molecule has 2 fully saturated rings. The van der Waals surface area contributed by atoms with Crippen LogP contribution in [0, 0.1) is 16.7 Å². The van der Waals surface area contributed by atoms with Crippen molar-refractivity contribution in [3.05, 3.63) is 0 Å². The van der Waals surface area contributed by atoms with E-state index in [2.05, 4.69) is 32.6 Å². The second-order valence-corrected chi connectivity index (χ2v) is 7.53. The predicted octanol–water partition coefficient (Wildman–Crippen LogP) is 3.89. The van der Waals surface area contributed by atoms with E-state index in [0.29, 0.717) is 17.1 Å². The summed E-state index contributed by atoms with van der Waals surface area (Å²) in [5.41, 5.74) is 0.461. The van der Waals surface area contributed by atoms with E-state index in [9.17, 15) is 4.79 Å². The van der Waals surface area contributed by atoms with E-state index in [1.54, 1.807) is 0 Å². The van der Waals surface area contributed by atoms with Gasteiger partial charge in [0.25, 0.3) is 0 Å². The van der Waals surface area contributed by atoms with Crippen LogP contribution < -0.4 is 0 Å². The van der Waals surface area contributed by atoms with E-state index in [0.717, 1.165) is 19.4 Å². The Labute approximate surface area is 118 Å². The first-order valence-corrected chi connectivity index (χ1v) is 8.19. The molecule has 0 N–H and O–H groups in total. The molecule has 2 rings (SSSR count). The van der Waals surface area contributed by atoms with Gasteiger partial charge in [0.15, 0.2) is 0 Å². The van der Waals surface area contributed by atoms with Crippen molar-refractivity contribution < 1.29 is 4.79 Å². The summed E-state index contributed by atoms with van der Waals surface area (Å²) in [6.07, 6.45) is 7.31. The fourth-order valence-electron chi connectivity index (χ4n) is 4.09. The Bertz CT molecular complexity index is 330. The molecule has 0 aromatic heterocycles. The van der Waals surface area contributed by atoms with Crippen molar-refractivity contribution in [3.63, 3.8) is 0 Å². The van der Waals surface area contributed by atoms with Gasteiger partial charge in [0.05, 0.1) is 0 Å². The Morgan fingerprint density at radius 2 is 1.89 bits per heavy atom. The number of hydrogen-bond donors (Lipinski definition) is 0. The number of carbonyl (C=O) groups is 1.